The van der Waals surface area contributed by atoms with Crippen molar-refractivity contribution in [1.29, 1.82) is 0 Å². The van der Waals surface area contributed by atoms with Crippen molar-refractivity contribution in [2.75, 3.05) is 0 Å². The highest BCUT2D eigenvalue weighted by molar-refractivity contribution is 4.98. The van der Waals surface area contributed by atoms with Crippen LogP contribution in [0.1, 0.15) is 136 Å². The Morgan fingerprint density at radius 1 is 0.500 bits per heavy atom. The maximum atomic E-state index is 3.37. The van der Waals surface area contributed by atoms with E-state index in [1.54, 1.807) is 0 Å². The highest BCUT2D eigenvalue weighted by Crippen LogP contribution is 2.21. The second kappa shape index (κ2) is 20.6. The van der Waals surface area contributed by atoms with Crippen molar-refractivity contribution in [2.24, 2.45) is 5.92 Å². The molecule has 0 radical (unpaired) electrons. The van der Waals surface area contributed by atoms with Gasteiger partial charge in [0.15, 0.2) is 0 Å². The van der Waals surface area contributed by atoms with Crippen LogP contribution in [0.4, 0.5) is 0 Å². The Bertz CT molecular complexity index is 280. The summed E-state index contributed by atoms with van der Waals surface area (Å²) < 4.78 is 0. The zero-order valence-corrected chi connectivity index (χ0v) is 17.3. The normalized spacial score (nSPS) is 12.0. The summed E-state index contributed by atoms with van der Waals surface area (Å²) in [5, 5.41) is 0. The SMILES string of the molecule is CCCCCCC#CCCCCCC(CC)CCCCCCCC. The fraction of sp³-hybridized carbons (Fsp3) is 0.917. The van der Waals surface area contributed by atoms with Gasteiger partial charge in [-0.2, -0.15) is 0 Å². The van der Waals surface area contributed by atoms with Crippen LogP contribution in [-0.2, 0) is 0 Å². The smallest absolute Gasteiger partial charge is 0.00886 e. The first-order chi connectivity index (χ1) is 11.8. The van der Waals surface area contributed by atoms with Crippen molar-refractivity contribution in [3.63, 3.8) is 0 Å². The first-order valence-corrected chi connectivity index (χ1v) is 11.3. The third-order valence-corrected chi connectivity index (χ3v) is 5.24. The van der Waals surface area contributed by atoms with Crippen LogP contribution in [0.25, 0.3) is 0 Å². The fourth-order valence-electron chi connectivity index (χ4n) is 3.41. The van der Waals surface area contributed by atoms with Crippen LogP contribution in [0, 0.1) is 17.8 Å². The Balaban J connectivity index is 3.38. The molecule has 0 heterocycles. The van der Waals surface area contributed by atoms with Crippen molar-refractivity contribution < 1.29 is 0 Å². The zero-order chi connectivity index (χ0) is 17.7. The lowest BCUT2D eigenvalue weighted by atomic mass is 9.92. The van der Waals surface area contributed by atoms with Gasteiger partial charge in [0.2, 0.25) is 0 Å². The van der Waals surface area contributed by atoms with Gasteiger partial charge in [0.1, 0.15) is 0 Å². The summed E-state index contributed by atoms with van der Waals surface area (Å²) in [5.41, 5.74) is 0. The summed E-state index contributed by atoms with van der Waals surface area (Å²) in [4.78, 5) is 0. The maximum Gasteiger partial charge on any atom is 0.00886 e. The topological polar surface area (TPSA) is 0 Å². The van der Waals surface area contributed by atoms with Gasteiger partial charge in [-0.15, -0.1) is 11.8 Å². The van der Waals surface area contributed by atoms with Crippen molar-refractivity contribution >= 4 is 0 Å². The van der Waals surface area contributed by atoms with E-state index in [2.05, 4.69) is 32.6 Å². The Hall–Kier alpha value is -0.440. The molecule has 0 aromatic rings. The summed E-state index contributed by atoms with van der Waals surface area (Å²) in [6, 6.07) is 0. The standard InChI is InChI=1S/C24H46/c1-4-7-9-11-13-14-15-16-17-19-21-23-24(6-3)22-20-18-12-10-8-5-2/h24H,4-13,16-23H2,1-3H3. The number of unbranched alkanes of at least 4 members (excludes halogenated alkanes) is 12. The quantitative estimate of drug-likeness (QED) is 0.184. The molecule has 1 unspecified atom stereocenters. The molecule has 0 fully saturated rings. The largest absolute Gasteiger partial charge is 0.103 e. The van der Waals surface area contributed by atoms with Crippen LogP contribution < -0.4 is 0 Å². The molecule has 0 spiro atoms. The minimum Gasteiger partial charge on any atom is -0.103 e. The van der Waals surface area contributed by atoms with Gasteiger partial charge >= 0.3 is 0 Å². The van der Waals surface area contributed by atoms with Crippen molar-refractivity contribution in [1.82, 2.24) is 0 Å². The second-order valence-electron chi connectivity index (χ2n) is 7.59. The molecule has 0 bridgehead atoms. The molecule has 0 nitrogen and oxygen atoms in total. The molecule has 0 rings (SSSR count). The van der Waals surface area contributed by atoms with Gasteiger partial charge in [0.05, 0.1) is 0 Å². The van der Waals surface area contributed by atoms with E-state index in [1.165, 1.54) is 103 Å². The van der Waals surface area contributed by atoms with E-state index in [-0.39, 0.29) is 0 Å². The number of hydrogen-bond acceptors (Lipinski definition) is 0. The monoisotopic (exact) mass is 334 g/mol. The van der Waals surface area contributed by atoms with Gasteiger partial charge in [-0.25, -0.2) is 0 Å². The molecule has 0 aromatic heterocycles. The fourth-order valence-corrected chi connectivity index (χ4v) is 3.41. The third-order valence-electron chi connectivity index (χ3n) is 5.24. The molecule has 0 aliphatic heterocycles. The molecule has 142 valence electrons. The van der Waals surface area contributed by atoms with Crippen LogP contribution >= 0.6 is 0 Å². The van der Waals surface area contributed by atoms with Crippen LogP contribution in [-0.4, -0.2) is 0 Å². The van der Waals surface area contributed by atoms with Crippen molar-refractivity contribution in [2.45, 2.75) is 136 Å². The molecule has 0 saturated heterocycles. The molecule has 0 N–H and O–H groups in total. The van der Waals surface area contributed by atoms with Gasteiger partial charge in [-0.05, 0) is 18.8 Å². The Morgan fingerprint density at radius 3 is 1.42 bits per heavy atom. The van der Waals surface area contributed by atoms with Gasteiger partial charge in [-0.3, -0.25) is 0 Å². The molecule has 24 heavy (non-hydrogen) atoms. The molecular formula is C24H46. The minimum atomic E-state index is 0.987. The summed E-state index contributed by atoms with van der Waals surface area (Å²) in [6.07, 6.45) is 24.7. The van der Waals surface area contributed by atoms with Crippen LogP contribution in [0.3, 0.4) is 0 Å². The summed E-state index contributed by atoms with van der Waals surface area (Å²) in [6.45, 7) is 6.94. The molecule has 0 aromatic carbocycles. The second-order valence-corrected chi connectivity index (χ2v) is 7.59. The lowest BCUT2D eigenvalue weighted by Crippen LogP contribution is -1.99. The van der Waals surface area contributed by atoms with E-state index in [0.29, 0.717) is 0 Å². The van der Waals surface area contributed by atoms with E-state index in [9.17, 15) is 0 Å². The highest BCUT2D eigenvalue weighted by Gasteiger charge is 2.05. The lowest BCUT2D eigenvalue weighted by Gasteiger charge is -2.14. The molecule has 0 aliphatic carbocycles. The van der Waals surface area contributed by atoms with E-state index in [4.69, 9.17) is 0 Å². The molecule has 0 amide bonds. The van der Waals surface area contributed by atoms with Gasteiger partial charge in [0.25, 0.3) is 0 Å². The predicted octanol–water partition coefficient (Wildman–Crippen LogP) is 8.69. The van der Waals surface area contributed by atoms with E-state index in [1.807, 2.05) is 0 Å². The van der Waals surface area contributed by atoms with Crippen molar-refractivity contribution in [3.8, 4) is 11.8 Å². The summed E-state index contributed by atoms with van der Waals surface area (Å²) in [7, 11) is 0. The summed E-state index contributed by atoms with van der Waals surface area (Å²) in [5.74, 6) is 7.71. The minimum absolute atomic E-state index is 0.987. The average molecular weight is 335 g/mol. The predicted molar refractivity (Wildman–Crippen MR) is 111 cm³/mol. The first-order valence-electron chi connectivity index (χ1n) is 11.3. The molecule has 0 heteroatoms. The molecule has 0 saturated carbocycles. The van der Waals surface area contributed by atoms with Crippen LogP contribution in [0.2, 0.25) is 0 Å². The van der Waals surface area contributed by atoms with Gasteiger partial charge in [-0.1, -0.05) is 111 Å². The number of hydrogen-bond donors (Lipinski definition) is 0. The zero-order valence-electron chi connectivity index (χ0n) is 17.3. The number of rotatable bonds is 17. The Labute approximate surface area is 154 Å². The van der Waals surface area contributed by atoms with E-state index < -0.39 is 0 Å². The van der Waals surface area contributed by atoms with Crippen LogP contribution in [0.5, 0.6) is 0 Å². The van der Waals surface area contributed by atoms with Crippen molar-refractivity contribution in [3.05, 3.63) is 0 Å². The average Bonchev–Trinajstić information content (AvgIpc) is 2.60. The molecular weight excluding hydrogens is 288 g/mol. The van der Waals surface area contributed by atoms with Gasteiger partial charge < -0.3 is 0 Å². The summed E-state index contributed by atoms with van der Waals surface area (Å²) >= 11 is 0. The van der Waals surface area contributed by atoms with Crippen LogP contribution in [0.15, 0.2) is 0 Å². The van der Waals surface area contributed by atoms with Gasteiger partial charge in [0, 0.05) is 12.8 Å². The molecule has 1 atom stereocenters. The first kappa shape index (κ1) is 23.6. The lowest BCUT2D eigenvalue weighted by molar-refractivity contribution is 0.395. The third kappa shape index (κ3) is 17.9. The Morgan fingerprint density at radius 2 is 0.917 bits per heavy atom. The maximum absolute atomic E-state index is 3.37. The van der Waals surface area contributed by atoms with E-state index >= 15 is 0 Å². The molecule has 0 aliphatic rings. The van der Waals surface area contributed by atoms with E-state index in [0.717, 1.165) is 18.8 Å². The Kier molecular flexibility index (Phi) is 20.2. The highest BCUT2D eigenvalue weighted by atomic mass is 14.1.